The SMILES string of the molecule is CCCCSC1=NN2C(=c3cc(Br)ccc3=N[C@@H]2c2cc(Cl)c(OC)c(OC)c2)C(=O)N1. The summed E-state index contributed by atoms with van der Waals surface area (Å²) >= 11 is 11.5. The van der Waals surface area contributed by atoms with Gasteiger partial charge in [0.1, 0.15) is 5.70 Å². The third-order valence-electron chi connectivity index (χ3n) is 5.06. The van der Waals surface area contributed by atoms with Crippen LogP contribution in [0.2, 0.25) is 5.02 Å². The Bertz CT molecular complexity index is 1220. The van der Waals surface area contributed by atoms with Crippen LogP contribution in [-0.4, -0.2) is 36.1 Å². The van der Waals surface area contributed by atoms with Crippen LogP contribution in [0.4, 0.5) is 0 Å². The van der Waals surface area contributed by atoms with Crippen molar-refractivity contribution < 1.29 is 14.3 Å². The van der Waals surface area contributed by atoms with Gasteiger partial charge in [0.2, 0.25) is 0 Å². The van der Waals surface area contributed by atoms with Gasteiger partial charge in [-0.3, -0.25) is 15.1 Å². The number of nitrogens with one attached hydrogen (secondary N) is 1. The Hall–Kier alpha value is -2.23. The van der Waals surface area contributed by atoms with Crippen molar-refractivity contribution in [2.75, 3.05) is 20.0 Å². The average Bonchev–Trinajstić information content (AvgIpc) is 2.78. The molecule has 2 heterocycles. The number of ether oxygens (including phenoxy) is 2. The molecule has 168 valence electrons. The van der Waals surface area contributed by atoms with E-state index in [1.807, 2.05) is 24.3 Å². The molecule has 0 saturated carbocycles. The molecule has 1 N–H and O–H groups in total. The van der Waals surface area contributed by atoms with Crippen LogP contribution in [0, 0.1) is 0 Å². The van der Waals surface area contributed by atoms with E-state index in [0.717, 1.165) is 28.6 Å². The molecule has 0 unspecified atom stereocenters. The van der Waals surface area contributed by atoms with Gasteiger partial charge in [0, 0.05) is 21.0 Å². The zero-order valence-corrected chi connectivity index (χ0v) is 21.0. The second-order valence-corrected chi connectivity index (χ2v) is 9.56. The van der Waals surface area contributed by atoms with Crippen LogP contribution in [0.25, 0.3) is 5.70 Å². The molecule has 1 atom stereocenters. The Balaban J connectivity index is 1.89. The second-order valence-electron chi connectivity index (χ2n) is 7.16. The molecule has 2 aromatic rings. The molecule has 32 heavy (non-hydrogen) atoms. The predicted molar refractivity (Wildman–Crippen MR) is 130 cm³/mol. The van der Waals surface area contributed by atoms with E-state index in [4.69, 9.17) is 31.2 Å². The van der Waals surface area contributed by atoms with E-state index in [0.29, 0.717) is 38.0 Å². The lowest BCUT2D eigenvalue weighted by molar-refractivity contribution is -0.116. The fourth-order valence-electron chi connectivity index (χ4n) is 3.53. The van der Waals surface area contributed by atoms with Crippen molar-refractivity contribution >= 4 is 56.1 Å². The van der Waals surface area contributed by atoms with Crippen LogP contribution in [0.3, 0.4) is 0 Å². The molecule has 10 heteroatoms. The lowest BCUT2D eigenvalue weighted by Gasteiger charge is -2.34. The second kappa shape index (κ2) is 9.72. The van der Waals surface area contributed by atoms with E-state index < -0.39 is 6.17 Å². The monoisotopic (exact) mass is 536 g/mol. The van der Waals surface area contributed by atoms with Gasteiger partial charge in [-0.15, -0.1) is 5.10 Å². The number of carbonyl (C=O) groups is 1. The maximum Gasteiger partial charge on any atom is 0.276 e. The zero-order chi connectivity index (χ0) is 22.8. The maximum absolute atomic E-state index is 13.2. The maximum atomic E-state index is 13.2. The first-order chi connectivity index (χ1) is 15.5. The van der Waals surface area contributed by atoms with Gasteiger partial charge in [-0.25, -0.2) is 5.01 Å². The Morgan fingerprint density at radius 3 is 2.78 bits per heavy atom. The van der Waals surface area contributed by atoms with E-state index in [1.165, 1.54) is 18.9 Å². The van der Waals surface area contributed by atoms with Gasteiger partial charge in [0.25, 0.3) is 5.91 Å². The van der Waals surface area contributed by atoms with Crippen LogP contribution >= 0.6 is 39.3 Å². The highest BCUT2D eigenvalue weighted by molar-refractivity contribution is 9.10. The number of hydrogen-bond donors (Lipinski definition) is 1. The Morgan fingerprint density at radius 1 is 1.25 bits per heavy atom. The van der Waals surface area contributed by atoms with Crippen molar-refractivity contribution in [2.45, 2.75) is 25.9 Å². The Morgan fingerprint density at radius 2 is 2.06 bits per heavy atom. The van der Waals surface area contributed by atoms with Crippen LogP contribution in [-0.2, 0) is 4.79 Å². The summed E-state index contributed by atoms with van der Waals surface area (Å²) < 4.78 is 11.7. The van der Waals surface area contributed by atoms with Crippen molar-refractivity contribution in [3.05, 3.63) is 56.0 Å². The summed E-state index contributed by atoms with van der Waals surface area (Å²) in [7, 11) is 3.09. The summed E-state index contributed by atoms with van der Waals surface area (Å²) in [5.74, 6) is 1.57. The first kappa shape index (κ1) is 22.9. The van der Waals surface area contributed by atoms with Gasteiger partial charge >= 0.3 is 0 Å². The van der Waals surface area contributed by atoms with Gasteiger partial charge in [-0.05, 0) is 36.8 Å². The third kappa shape index (κ3) is 4.33. The molecule has 0 spiro atoms. The number of benzene rings is 2. The summed E-state index contributed by atoms with van der Waals surface area (Å²) in [5, 5.41) is 11.7. The van der Waals surface area contributed by atoms with E-state index in [9.17, 15) is 4.79 Å². The van der Waals surface area contributed by atoms with Crippen LogP contribution in [0.15, 0.2) is 44.9 Å². The quantitative estimate of drug-likeness (QED) is 0.568. The number of nitrogens with zero attached hydrogens (tertiary/aromatic N) is 3. The third-order valence-corrected chi connectivity index (χ3v) is 6.78. The first-order valence-electron chi connectivity index (χ1n) is 10.1. The highest BCUT2D eigenvalue weighted by Crippen LogP contribution is 2.40. The molecule has 0 bridgehead atoms. The van der Waals surface area contributed by atoms with Gasteiger partial charge in [-0.1, -0.05) is 52.6 Å². The molecular weight excluding hydrogens is 516 g/mol. The largest absolute Gasteiger partial charge is 0.493 e. The summed E-state index contributed by atoms with van der Waals surface area (Å²) in [4.78, 5) is 18.1. The summed E-state index contributed by atoms with van der Waals surface area (Å²) in [6.07, 6.45) is 1.51. The van der Waals surface area contributed by atoms with Gasteiger partial charge in [0.05, 0.1) is 24.6 Å². The topological polar surface area (TPSA) is 75.5 Å². The number of amides is 1. The van der Waals surface area contributed by atoms with E-state index in [-0.39, 0.29) is 5.91 Å². The average molecular weight is 538 g/mol. The number of thioether (sulfide) groups is 1. The molecule has 0 aliphatic carbocycles. The van der Waals surface area contributed by atoms with E-state index in [2.05, 4.69) is 28.2 Å². The lowest BCUT2D eigenvalue weighted by Crippen LogP contribution is -2.50. The lowest BCUT2D eigenvalue weighted by atomic mass is 10.1. The molecular formula is C22H22BrClN4O3S. The molecule has 0 saturated heterocycles. The molecule has 7 nitrogen and oxygen atoms in total. The molecule has 4 rings (SSSR count). The summed E-state index contributed by atoms with van der Waals surface area (Å²) in [6, 6.07) is 9.23. The Labute approximate surface area is 203 Å². The first-order valence-corrected chi connectivity index (χ1v) is 12.2. The minimum atomic E-state index is -0.594. The standard InChI is InChI=1S/C22H22BrClN4O3S/c1-4-5-8-32-22-26-21(29)18-14-11-13(23)6-7-16(14)25-20(28(18)27-22)12-9-15(24)19(31-3)17(10-12)30-2/h6-7,9-11,20H,4-5,8H2,1-3H3,(H,26,27,29)/t20-/m0/s1. The number of unbranched alkanes of at least 4 members (excludes halogenated alkanes) is 1. The number of methoxy groups -OCH3 is 2. The normalized spacial score (nSPS) is 17.1. The van der Waals surface area contributed by atoms with Crippen LogP contribution in [0.5, 0.6) is 11.5 Å². The Kier molecular flexibility index (Phi) is 6.97. The smallest absolute Gasteiger partial charge is 0.276 e. The number of hydrogen-bond acceptors (Lipinski definition) is 7. The fraction of sp³-hybridized carbons (Fsp3) is 0.318. The number of amidine groups is 1. The minimum absolute atomic E-state index is 0.218. The predicted octanol–water partition coefficient (Wildman–Crippen LogP) is 3.80. The van der Waals surface area contributed by atoms with Crippen molar-refractivity contribution in [3.8, 4) is 11.5 Å². The van der Waals surface area contributed by atoms with Crippen molar-refractivity contribution in [3.63, 3.8) is 0 Å². The van der Waals surface area contributed by atoms with Gasteiger partial charge in [-0.2, -0.15) is 0 Å². The highest BCUT2D eigenvalue weighted by atomic mass is 79.9. The van der Waals surface area contributed by atoms with E-state index >= 15 is 0 Å². The van der Waals surface area contributed by atoms with Crippen molar-refractivity contribution in [1.82, 2.24) is 10.3 Å². The molecule has 2 aromatic carbocycles. The molecule has 0 fully saturated rings. The minimum Gasteiger partial charge on any atom is -0.493 e. The summed E-state index contributed by atoms with van der Waals surface area (Å²) in [6.45, 7) is 2.13. The highest BCUT2D eigenvalue weighted by Gasteiger charge is 2.35. The number of hydrazone groups is 1. The van der Waals surface area contributed by atoms with Crippen molar-refractivity contribution in [1.29, 1.82) is 0 Å². The van der Waals surface area contributed by atoms with Gasteiger partial charge in [0.15, 0.2) is 22.8 Å². The number of carbonyl (C=O) groups excluding carboxylic acids is 1. The van der Waals surface area contributed by atoms with Gasteiger partial charge < -0.3 is 9.47 Å². The number of rotatable bonds is 6. The molecule has 0 aromatic heterocycles. The molecule has 0 radical (unpaired) electrons. The van der Waals surface area contributed by atoms with Crippen molar-refractivity contribution in [2.24, 2.45) is 10.1 Å². The van der Waals surface area contributed by atoms with Crippen LogP contribution in [0.1, 0.15) is 31.5 Å². The number of fused-ring (bicyclic) bond motifs is 2. The zero-order valence-electron chi connectivity index (χ0n) is 17.8. The molecule has 2 aliphatic heterocycles. The number of halogens is 2. The van der Waals surface area contributed by atoms with Crippen LogP contribution < -0.4 is 25.4 Å². The summed E-state index contributed by atoms with van der Waals surface area (Å²) in [5.41, 5.74) is 1.17. The van der Waals surface area contributed by atoms with E-state index in [1.54, 1.807) is 18.2 Å². The molecule has 1 amide bonds. The molecule has 2 aliphatic rings. The fourth-order valence-corrected chi connectivity index (χ4v) is 5.13.